The van der Waals surface area contributed by atoms with Crippen molar-refractivity contribution in [1.29, 1.82) is 1.28 Å². The minimum Gasteiger partial charge on any atom is -0.326 e. The van der Waals surface area contributed by atoms with Crippen molar-refractivity contribution in [3.8, 4) is 0 Å². The van der Waals surface area contributed by atoms with Crippen LogP contribution in [0.4, 0.5) is 0 Å². The van der Waals surface area contributed by atoms with E-state index >= 15 is 0 Å². The Kier molecular flexibility index (Phi) is 8.40. The minimum atomic E-state index is -4.00. The Morgan fingerprint density at radius 1 is 1.43 bits per heavy atom. The van der Waals surface area contributed by atoms with Crippen LogP contribution in [0.25, 0.3) is 0 Å². The Labute approximate surface area is 88.3 Å². The van der Waals surface area contributed by atoms with Gasteiger partial charge in [-0.2, -0.15) is 0 Å². The van der Waals surface area contributed by atoms with E-state index in [0.29, 0.717) is 6.04 Å². The number of hydrogen-bond acceptors (Lipinski definition) is 3. The Hall–Kier alpha value is 0.110. The van der Waals surface area contributed by atoms with Gasteiger partial charge < -0.3 is 14.7 Å². The normalized spacial score (nSPS) is 16.7. The first-order chi connectivity index (χ1) is 6.92. The van der Waals surface area contributed by atoms with Crippen LogP contribution >= 0.6 is 8.20 Å². The van der Waals surface area contributed by atoms with Crippen molar-refractivity contribution >= 4 is 8.20 Å². The zero-order valence-corrected chi connectivity index (χ0v) is 9.93. The third-order valence-electron chi connectivity index (χ3n) is 1.83. The summed E-state index contributed by atoms with van der Waals surface area (Å²) in [5, 5.41) is 3.31. The molecule has 0 aromatic rings. The lowest BCUT2D eigenvalue weighted by atomic mass is 10.2. The van der Waals surface area contributed by atoms with Crippen LogP contribution in [0, 0.1) is 0 Å². The first-order valence-corrected chi connectivity index (χ1v) is 6.28. The third kappa shape index (κ3) is 12.1. The molecule has 0 spiro atoms. The molecule has 1 atom stereocenters. The summed E-state index contributed by atoms with van der Waals surface area (Å²) in [5.41, 5.74) is 0. The zero-order valence-electron chi connectivity index (χ0n) is 10.0. The Morgan fingerprint density at radius 3 is 2.64 bits per heavy atom. The molecular formula is C9H22NO3P. The van der Waals surface area contributed by atoms with Crippen LogP contribution in [0.5, 0.6) is 0 Å². The van der Waals surface area contributed by atoms with Gasteiger partial charge in [-0.15, -0.1) is 0 Å². The maximum Gasteiger partial charge on any atom is 0.316 e. The Bertz CT molecular complexity index is 196. The lowest BCUT2D eigenvalue weighted by Gasteiger charge is -2.07. The van der Waals surface area contributed by atoms with Crippen molar-refractivity contribution in [1.82, 2.24) is 5.32 Å². The summed E-state index contributed by atoms with van der Waals surface area (Å²) >= 11 is 0. The molecule has 5 heteroatoms. The molecule has 86 valence electrons. The molecule has 0 rings (SSSR count). The van der Waals surface area contributed by atoms with E-state index in [1.807, 2.05) is 0 Å². The van der Waals surface area contributed by atoms with Crippen LogP contribution in [0.2, 0.25) is 0 Å². The molecule has 0 aliphatic rings. The average molecular weight is 225 g/mol. The van der Waals surface area contributed by atoms with Crippen LogP contribution < -0.4 is 5.32 Å². The summed E-state index contributed by atoms with van der Waals surface area (Å²) in [7, 11) is -4.00. The molecule has 0 heterocycles. The van der Waals surface area contributed by atoms with Crippen molar-refractivity contribution < 1.29 is 14.0 Å². The van der Waals surface area contributed by atoms with Gasteiger partial charge in [0.15, 0.2) is 1.28 Å². The molecule has 0 aromatic carbocycles. The van der Waals surface area contributed by atoms with Crippen molar-refractivity contribution in [2.45, 2.75) is 45.6 Å². The molecular weight excluding hydrogens is 201 g/mol. The number of nitrogens with one attached hydrogen (secondary N) is 1. The Morgan fingerprint density at radius 2 is 2.07 bits per heavy atom. The second-order valence-corrected chi connectivity index (χ2v) is 4.33. The number of hydrogen-bond donors (Lipinski definition) is 2. The fourth-order valence-corrected chi connectivity index (χ4v) is 1.40. The van der Waals surface area contributed by atoms with E-state index in [4.69, 9.17) is 6.17 Å². The molecule has 0 aliphatic heterocycles. The first-order valence-electron chi connectivity index (χ1n) is 5.60. The van der Waals surface area contributed by atoms with Gasteiger partial charge >= 0.3 is 8.20 Å². The fraction of sp³-hybridized carbons (Fsp3) is 1.00. The Balaban J connectivity index is 3.09. The van der Waals surface area contributed by atoms with Gasteiger partial charge in [0, 0.05) is 6.04 Å². The van der Waals surface area contributed by atoms with Gasteiger partial charge in [-0.25, -0.2) is 0 Å². The van der Waals surface area contributed by atoms with Crippen molar-refractivity contribution in [2.75, 3.05) is 13.2 Å². The predicted molar refractivity (Wildman–Crippen MR) is 58.8 cm³/mol. The SMILES string of the molecule is [3H]P(=O)(O)OCCCCCCNC(C)C. The first kappa shape index (κ1) is 12.2. The van der Waals surface area contributed by atoms with E-state index in [1.54, 1.807) is 0 Å². The van der Waals surface area contributed by atoms with Crippen molar-refractivity contribution in [3.63, 3.8) is 0 Å². The monoisotopic (exact) mass is 225 g/mol. The molecule has 0 amide bonds. The summed E-state index contributed by atoms with van der Waals surface area (Å²) in [6.07, 6.45) is 3.90. The van der Waals surface area contributed by atoms with E-state index in [2.05, 4.69) is 23.7 Å². The maximum atomic E-state index is 10.4. The summed E-state index contributed by atoms with van der Waals surface area (Å²) < 4.78 is 21.5. The van der Waals surface area contributed by atoms with Crippen LogP contribution in [0.3, 0.4) is 0 Å². The maximum absolute atomic E-state index is 10.4. The number of rotatable bonds is 9. The smallest absolute Gasteiger partial charge is 0.316 e. The third-order valence-corrected chi connectivity index (χ3v) is 2.23. The standard InChI is InChI=1S/C9H22NO3P/c1-9(2)10-7-5-3-4-6-8-13-14(11)12/h9-10,14H,3-8H2,1-2H3,(H,11,12)/i14T. The average Bonchev–Trinajstić information content (AvgIpc) is 2.07. The minimum absolute atomic E-state index is 0.203. The van der Waals surface area contributed by atoms with Gasteiger partial charge in [0.05, 0.1) is 6.61 Å². The quantitative estimate of drug-likeness (QED) is 0.465. The van der Waals surface area contributed by atoms with Gasteiger partial charge in [-0.05, 0) is 19.4 Å². The molecule has 0 saturated carbocycles. The van der Waals surface area contributed by atoms with Gasteiger partial charge in [0.2, 0.25) is 0 Å². The van der Waals surface area contributed by atoms with Crippen LogP contribution in [-0.4, -0.2) is 25.4 Å². The zero-order chi connectivity index (χ0) is 11.7. The summed E-state index contributed by atoms with van der Waals surface area (Å²) in [6, 6.07) is 0.525. The second kappa shape index (κ2) is 9.66. The molecule has 14 heavy (non-hydrogen) atoms. The molecule has 0 saturated heterocycles. The molecule has 0 fully saturated rings. The van der Waals surface area contributed by atoms with Crippen molar-refractivity contribution in [2.24, 2.45) is 0 Å². The van der Waals surface area contributed by atoms with Crippen LogP contribution in [0.15, 0.2) is 0 Å². The highest BCUT2D eigenvalue weighted by Gasteiger charge is 1.94. The van der Waals surface area contributed by atoms with E-state index in [9.17, 15) is 4.57 Å². The van der Waals surface area contributed by atoms with E-state index < -0.39 is 8.20 Å². The lowest BCUT2D eigenvalue weighted by molar-refractivity contribution is 0.273. The van der Waals surface area contributed by atoms with Gasteiger partial charge in [0.1, 0.15) is 0 Å². The molecule has 2 N–H and O–H groups in total. The van der Waals surface area contributed by atoms with E-state index in [-0.39, 0.29) is 6.61 Å². The molecule has 0 bridgehead atoms. The van der Waals surface area contributed by atoms with Gasteiger partial charge in [-0.3, -0.25) is 4.57 Å². The highest BCUT2D eigenvalue weighted by molar-refractivity contribution is 7.32. The largest absolute Gasteiger partial charge is 0.326 e. The molecule has 0 radical (unpaired) electrons. The summed E-state index contributed by atoms with van der Waals surface area (Å²) in [5.74, 6) is 0. The fourth-order valence-electron chi connectivity index (χ4n) is 1.11. The predicted octanol–water partition coefficient (Wildman–Crippen LogP) is 1.94. The van der Waals surface area contributed by atoms with Crippen molar-refractivity contribution in [3.05, 3.63) is 0 Å². The van der Waals surface area contributed by atoms with Crippen LogP contribution in [-0.2, 0) is 9.09 Å². The summed E-state index contributed by atoms with van der Waals surface area (Å²) in [6.45, 7) is 5.44. The van der Waals surface area contributed by atoms with Gasteiger partial charge in [0.25, 0.3) is 0 Å². The molecule has 1 unspecified atom stereocenters. The molecule has 0 aliphatic carbocycles. The lowest BCUT2D eigenvalue weighted by Crippen LogP contribution is -2.23. The van der Waals surface area contributed by atoms with E-state index in [1.165, 1.54) is 0 Å². The van der Waals surface area contributed by atoms with Gasteiger partial charge in [-0.1, -0.05) is 26.7 Å². The van der Waals surface area contributed by atoms with Crippen LogP contribution in [0.1, 0.15) is 39.5 Å². The highest BCUT2D eigenvalue weighted by atomic mass is 31.1. The summed E-state index contributed by atoms with van der Waals surface area (Å²) in [4.78, 5) is 8.51. The molecule has 4 nitrogen and oxygen atoms in total. The molecule has 0 aromatic heterocycles. The highest BCUT2D eigenvalue weighted by Crippen LogP contribution is 2.15. The second-order valence-electron chi connectivity index (χ2n) is 3.59. The van der Waals surface area contributed by atoms with E-state index in [0.717, 1.165) is 32.2 Å². The topological polar surface area (TPSA) is 58.6 Å². The number of unbranched alkanes of at least 4 members (excludes halogenated alkanes) is 3.